The van der Waals surface area contributed by atoms with E-state index in [4.69, 9.17) is 8.85 Å². The number of nitrogens with zero attached hydrogens (tertiary/aromatic N) is 1. The Morgan fingerprint density at radius 1 is 1.00 bits per heavy atom. The van der Waals surface area contributed by atoms with Gasteiger partial charge in [-0.25, -0.2) is 0 Å². The Balaban J connectivity index is 1.98. The van der Waals surface area contributed by atoms with Crippen LogP contribution in [0.15, 0.2) is 11.8 Å². The molecule has 0 radical (unpaired) electrons. The highest BCUT2D eigenvalue weighted by atomic mass is 28.4. The van der Waals surface area contributed by atoms with Gasteiger partial charge < -0.3 is 8.85 Å². The predicted octanol–water partition coefficient (Wildman–Crippen LogP) is 5.16. The summed E-state index contributed by atoms with van der Waals surface area (Å²) < 4.78 is 13.4. The van der Waals surface area contributed by atoms with Crippen LogP contribution in [0.2, 0.25) is 36.3 Å². The fourth-order valence-electron chi connectivity index (χ4n) is 4.60. The van der Waals surface area contributed by atoms with Crippen LogP contribution >= 0.6 is 0 Å². The number of allylic oxidation sites excluding steroid dienone is 1. The molecule has 0 aromatic rings. The predicted molar refractivity (Wildman–Crippen MR) is 125 cm³/mol. The third-order valence-electron chi connectivity index (χ3n) is 8.71. The maximum absolute atomic E-state index is 13.1. The van der Waals surface area contributed by atoms with Crippen LogP contribution in [0.1, 0.15) is 48.0 Å². The van der Waals surface area contributed by atoms with E-state index in [1.165, 1.54) is 4.90 Å². The minimum absolute atomic E-state index is 0.00598. The Bertz CT molecular complexity index is 790. The normalized spacial score (nSPS) is 32.0. The van der Waals surface area contributed by atoms with Crippen LogP contribution in [0.4, 0.5) is 0 Å². The van der Waals surface area contributed by atoms with Crippen LogP contribution in [0.5, 0.6) is 0 Å². The largest absolute Gasteiger partial charge is 0.546 e. The molecule has 2 amide bonds. The molecule has 1 saturated carbocycles. The summed E-state index contributed by atoms with van der Waals surface area (Å²) in [4.78, 5) is 27.4. The van der Waals surface area contributed by atoms with Crippen LogP contribution in [0.3, 0.4) is 0 Å². The van der Waals surface area contributed by atoms with Gasteiger partial charge >= 0.3 is 0 Å². The van der Waals surface area contributed by atoms with Gasteiger partial charge in [0.1, 0.15) is 0 Å². The van der Waals surface area contributed by atoms with Crippen LogP contribution in [0, 0.1) is 23.2 Å². The van der Waals surface area contributed by atoms with Gasteiger partial charge in [-0.15, -0.1) is 0 Å². The molecule has 170 valence electrons. The van der Waals surface area contributed by atoms with Gasteiger partial charge in [0.25, 0.3) is 0 Å². The van der Waals surface area contributed by atoms with E-state index in [0.717, 1.165) is 12.2 Å². The number of hydrogen-bond donors (Lipinski definition) is 0. The lowest BCUT2D eigenvalue weighted by molar-refractivity contribution is -0.139. The van der Waals surface area contributed by atoms with Gasteiger partial charge in [0, 0.05) is 25.0 Å². The fraction of sp³-hybridized carbons (Fsp3) is 0.826. The molecule has 0 N–H and O–H groups in total. The molecule has 30 heavy (non-hydrogen) atoms. The first-order chi connectivity index (χ1) is 13.3. The van der Waals surface area contributed by atoms with Crippen molar-refractivity contribution in [2.75, 3.05) is 13.7 Å². The van der Waals surface area contributed by atoms with Crippen molar-refractivity contribution in [3.63, 3.8) is 0 Å². The summed E-state index contributed by atoms with van der Waals surface area (Å²) in [6.07, 6.45) is 2.98. The first-order valence-electron chi connectivity index (χ1n) is 11.2. The Kier molecular flexibility index (Phi) is 5.37. The number of hydrogen-bond acceptors (Lipinski definition) is 4. The molecule has 2 bridgehead atoms. The van der Waals surface area contributed by atoms with E-state index < -0.39 is 22.0 Å². The second kappa shape index (κ2) is 6.78. The van der Waals surface area contributed by atoms with E-state index >= 15 is 0 Å². The first kappa shape index (κ1) is 23.7. The van der Waals surface area contributed by atoms with Gasteiger partial charge in [0.2, 0.25) is 20.1 Å². The summed E-state index contributed by atoms with van der Waals surface area (Å²) in [5.41, 5.74) is -0.431. The zero-order valence-electron chi connectivity index (χ0n) is 20.8. The third kappa shape index (κ3) is 3.45. The summed E-state index contributed by atoms with van der Waals surface area (Å²) in [5, 5.41) is 0.169. The molecular formula is C23H41NO4Si2. The number of carbonyl (C=O) groups is 2. The van der Waals surface area contributed by atoms with Crippen LogP contribution < -0.4 is 0 Å². The molecule has 2 fully saturated rings. The van der Waals surface area contributed by atoms with Crippen molar-refractivity contribution in [1.82, 2.24) is 4.90 Å². The van der Waals surface area contributed by atoms with Crippen LogP contribution in [-0.4, -0.2) is 47.0 Å². The van der Waals surface area contributed by atoms with Crippen LogP contribution in [-0.2, 0) is 18.4 Å². The topological polar surface area (TPSA) is 55.8 Å². The van der Waals surface area contributed by atoms with E-state index in [9.17, 15) is 9.59 Å². The Labute approximate surface area is 184 Å². The zero-order valence-corrected chi connectivity index (χ0v) is 22.8. The molecule has 0 spiro atoms. The second-order valence-corrected chi connectivity index (χ2v) is 22.3. The van der Waals surface area contributed by atoms with Gasteiger partial charge in [-0.05, 0) is 48.8 Å². The number of likely N-dealkylation sites (tertiary alicyclic amines) is 1. The first-order valence-corrected chi connectivity index (χ1v) is 17.0. The number of rotatable bonds is 5. The highest BCUT2D eigenvalue weighted by Crippen LogP contribution is 2.63. The molecular weight excluding hydrogens is 410 g/mol. The molecule has 5 nitrogen and oxygen atoms in total. The van der Waals surface area contributed by atoms with E-state index in [-0.39, 0.29) is 39.6 Å². The average Bonchev–Trinajstić information content (AvgIpc) is 3.15. The lowest BCUT2D eigenvalue weighted by atomic mass is 9.75. The third-order valence-corrected chi connectivity index (χ3v) is 17.5. The van der Waals surface area contributed by atoms with Crippen molar-refractivity contribution in [3.05, 3.63) is 11.8 Å². The summed E-state index contributed by atoms with van der Waals surface area (Å²) >= 11 is 0. The minimum Gasteiger partial charge on any atom is -0.546 e. The fourth-order valence-corrected chi connectivity index (χ4v) is 6.77. The summed E-state index contributed by atoms with van der Waals surface area (Å²) in [6, 6.07) is 0. The van der Waals surface area contributed by atoms with Crippen molar-refractivity contribution < 1.29 is 18.4 Å². The van der Waals surface area contributed by atoms with E-state index in [1.54, 1.807) is 7.05 Å². The molecule has 1 aliphatic heterocycles. The molecule has 1 saturated heterocycles. The molecule has 0 aromatic carbocycles. The van der Waals surface area contributed by atoms with Gasteiger partial charge in [-0.3, -0.25) is 14.5 Å². The number of carbonyl (C=O) groups excluding carboxylic acids is 2. The smallest absolute Gasteiger partial charge is 0.250 e. The summed E-state index contributed by atoms with van der Waals surface area (Å²) in [7, 11) is -2.40. The van der Waals surface area contributed by atoms with Crippen molar-refractivity contribution >= 4 is 28.4 Å². The second-order valence-electron chi connectivity index (χ2n) is 12.7. The van der Waals surface area contributed by atoms with Crippen molar-refractivity contribution in [2.45, 2.75) is 84.2 Å². The van der Waals surface area contributed by atoms with Crippen molar-refractivity contribution in [1.29, 1.82) is 0 Å². The van der Waals surface area contributed by atoms with Crippen molar-refractivity contribution in [3.8, 4) is 0 Å². The lowest BCUT2D eigenvalue weighted by Crippen LogP contribution is -2.46. The summed E-state index contributed by atoms with van der Waals surface area (Å²) in [5.74, 6) is 0.237. The maximum atomic E-state index is 13.1. The molecule has 0 aromatic heterocycles. The van der Waals surface area contributed by atoms with Gasteiger partial charge in [0.05, 0.1) is 17.6 Å². The molecule has 2 aliphatic carbocycles. The van der Waals surface area contributed by atoms with Crippen LogP contribution in [0.25, 0.3) is 0 Å². The highest BCUT2D eigenvalue weighted by Gasteiger charge is 2.68. The van der Waals surface area contributed by atoms with Gasteiger partial charge in [0.15, 0.2) is 8.32 Å². The van der Waals surface area contributed by atoms with Gasteiger partial charge in [-0.1, -0.05) is 41.5 Å². The molecule has 7 heteroatoms. The SMILES string of the molecule is CN1C(=O)[C@H]2[C@@H]3C[C@@](CO[Si](C)(C)C(C)(C)C)(C=C3O[Si](C)(C)C(C)(C)C)[C@H]2C1=O. The Hall–Kier alpha value is -0.926. The Morgan fingerprint density at radius 2 is 1.53 bits per heavy atom. The van der Waals surface area contributed by atoms with E-state index in [2.05, 4.69) is 73.8 Å². The van der Waals surface area contributed by atoms with Gasteiger partial charge in [-0.2, -0.15) is 0 Å². The van der Waals surface area contributed by atoms with Crippen molar-refractivity contribution in [2.24, 2.45) is 23.2 Å². The zero-order chi connectivity index (χ0) is 23.1. The monoisotopic (exact) mass is 451 g/mol. The highest BCUT2D eigenvalue weighted by molar-refractivity contribution is 6.74. The quantitative estimate of drug-likeness (QED) is 0.428. The van der Waals surface area contributed by atoms with E-state index in [0.29, 0.717) is 6.61 Å². The number of imide groups is 1. The molecule has 3 rings (SSSR count). The Morgan fingerprint density at radius 3 is 2.03 bits per heavy atom. The van der Waals surface area contributed by atoms with E-state index in [1.807, 2.05) is 0 Å². The molecule has 0 unspecified atom stereocenters. The average molecular weight is 452 g/mol. The lowest BCUT2D eigenvalue weighted by Gasteiger charge is -2.41. The molecule has 3 aliphatic rings. The molecule has 1 heterocycles. The molecule has 4 atom stereocenters. The standard InChI is InChI=1S/C23H41NO4Si2/c1-21(2,3)29(8,9)27-14-23-12-15(17-18(23)20(26)24(7)19(17)25)16(13-23)28-30(10,11)22(4,5)6/h13,15,17-18H,12,14H2,1-11H3/t15-,17+,18-,23+/m1/s1. The minimum atomic E-state index is -2.04. The maximum Gasteiger partial charge on any atom is 0.250 e. The summed E-state index contributed by atoms with van der Waals surface area (Å²) in [6.45, 7) is 22.8. The number of fused-ring (bicyclic) bond motifs is 5. The number of amides is 2.